The fourth-order valence-corrected chi connectivity index (χ4v) is 4.77. The minimum Gasteiger partial charge on any atom is -0.387 e. The van der Waals surface area contributed by atoms with Gasteiger partial charge in [-0.1, -0.05) is 38.5 Å². The van der Waals surface area contributed by atoms with Gasteiger partial charge in [-0.3, -0.25) is 0 Å². The van der Waals surface area contributed by atoms with Crippen molar-refractivity contribution in [3.05, 3.63) is 0 Å². The highest BCUT2D eigenvalue weighted by molar-refractivity contribution is 5.20. The molecule has 4 atom stereocenters. The van der Waals surface area contributed by atoms with E-state index < -0.39 is 11.2 Å². The third kappa shape index (κ3) is 1.26. The Labute approximate surface area is 98.1 Å². The third-order valence-electron chi connectivity index (χ3n) is 5.61. The van der Waals surface area contributed by atoms with Gasteiger partial charge in [-0.05, 0) is 37.5 Å². The molecule has 0 saturated heterocycles. The maximum Gasteiger partial charge on any atom is 0.0967 e. The van der Waals surface area contributed by atoms with Crippen molar-refractivity contribution in [1.82, 2.24) is 0 Å². The monoisotopic (exact) mass is 224 g/mol. The molecule has 3 rings (SSSR count). The summed E-state index contributed by atoms with van der Waals surface area (Å²) in [6, 6.07) is 0. The van der Waals surface area contributed by atoms with E-state index in [0.29, 0.717) is 11.8 Å². The van der Waals surface area contributed by atoms with Crippen molar-refractivity contribution < 1.29 is 10.2 Å². The number of aliphatic hydroxyl groups is 2. The first kappa shape index (κ1) is 11.0. The lowest BCUT2D eigenvalue weighted by atomic mass is 9.47. The molecule has 16 heavy (non-hydrogen) atoms. The zero-order valence-corrected chi connectivity index (χ0v) is 10.1. The zero-order chi connectivity index (χ0) is 11.2. The lowest BCUT2D eigenvalue weighted by Crippen LogP contribution is -2.74. The van der Waals surface area contributed by atoms with Gasteiger partial charge in [0.25, 0.3) is 0 Å². The normalized spacial score (nSPS) is 52.9. The van der Waals surface area contributed by atoms with Crippen LogP contribution in [0, 0.1) is 11.8 Å². The first-order valence-electron chi connectivity index (χ1n) is 7.13. The summed E-state index contributed by atoms with van der Waals surface area (Å²) in [5.74, 6) is 0.802. The van der Waals surface area contributed by atoms with E-state index in [9.17, 15) is 10.2 Å². The second-order valence-corrected chi connectivity index (χ2v) is 6.26. The Balaban J connectivity index is 1.89. The Morgan fingerprint density at radius 1 is 0.625 bits per heavy atom. The molecular formula is C14H24O2. The smallest absolute Gasteiger partial charge is 0.0967 e. The predicted octanol–water partition coefficient (Wildman–Crippen LogP) is 2.62. The molecule has 0 aromatic heterocycles. The number of rotatable bonds is 0. The van der Waals surface area contributed by atoms with Gasteiger partial charge in [-0.25, -0.2) is 0 Å². The van der Waals surface area contributed by atoms with Crippen LogP contribution >= 0.6 is 0 Å². The third-order valence-corrected chi connectivity index (χ3v) is 5.61. The van der Waals surface area contributed by atoms with Gasteiger partial charge in [0.2, 0.25) is 0 Å². The average Bonchev–Trinajstić information content (AvgIpc) is 2.54. The Kier molecular flexibility index (Phi) is 2.56. The van der Waals surface area contributed by atoms with Gasteiger partial charge in [-0.15, -0.1) is 0 Å². The summed E-state index contributed by atoms with van der Waals surface area (Å²) in [5, 5.41) is 21.7. The van der Waals surface area contributed by atoms with Crippen LogP contribution in [0.4, 0.5) is 0 Å². The first-order valence-corrected chi connectivity index (χ1v) is 7.13. The molecule has 2 heteroatoms. The summed E-state index contributed by atoms with van der Waals surface area (Å²) in [6.45, 7) is 0. The van der Waals surface area contributed by atoms with E-state index in [4.69, 9.17) is 0 Å². The van der Waals surface area contributed by atoms with Crippen molar-refractivity contribution in [1.29, 1.82) is 0 Å². The van der Waals surface area contributed by atoms with Crippen molar-refractivity contribution >= 4 is 0 Å². The van der Waals surface area contributed by atoms with E-state index in [-0.39, 0.29) is 0 Å². The van der Waals surface area contributed by atoms with Gasteiger partial charge in [0.15, 0.2) is 0 Å². The summed E-state index contributed by atoms with van der Waals surface area (Å²) in [4.78, 5) is 0. The molecule has 0 heterocycles. The highest BCUT2D eigenvalue weighted by Gasteiger charge is 2.69. The predicted molar refractivity (Wildman–Crippen MR) is 63.0 cm³/mol. The van der Waals surface area contributed by atoms with Gasteiger partial charge in [-0.2, -0.15) is 0 Å². The minimum atomic E-state index is -0.724. The van der Waals surface area contributed by atoms with Crippen LogP contribution in [0.25, 0.3) is 0 Å². The van der Waals surface area contributed by atoms with Gasteiger partial charge in [0.1, 0.15) is 0 Å². The molecule has 92 valence electrons. The average molecular weight is 224 g/mol. The van der Waals surface area contributed by atoms with Gasteiger partial charge >= 0.3 is 0 Å². The molecule has 0 aromatic rings. The van der Waals surface area contributed by atoms with Crippen LogP contribution in [0.15, 0.2) is 0 Å². The van der Waals surface area contributed by atoms with Gasteiger partial charge < -0.3 is 10.2 Å². The van der Waals surface area contributed by atoms with Gasteiger partial charge in [0.05, 0.1) is 11.2 Å². The Hall–Kier alpha value is -0.0800. The number of fused-ring (bicyclic) bond motifs is 4. The molecular weight excluding hydrogens is 200 g/mol. The largest absolute Gasteiger partial charge is 0.387 e. The fourth-order valence-electron chi connectivity index (χ4n) is 4.77. The van der Waals surface area contributed by atoms with Crippen LogP contribution in [0.2, 0.25) is 0 Å². The molecule has 0 spiro atoms. The van der Waals surface area contributed by atoms with Crippen molar-refractivity contribution in [2.45, 2.75) is 75.4 Å². The SMILES string of the molecule is O[C@]12CCCCC[C@H]1[C@H]1CCCCC[C@]12O. The summed E-state index contributed by atoms with van der Waals surface area (Å²) >= 11 is 0. The molecule has 2 nitrogen and oxygen atoms in total. The highest BCUT2D eigenvalue weighted by Crippen LogP contribution is 2.62. The summed E-state index contributed by atoms with van der Waals surface area (Å²) in [7, 11) is 0. The van der Waals surface area contributed by atoms with Crippen LogP contribution < -0.4 is 0 Å². The standard InChI is InChI=1S/C14H24O2/c15-13-9-5-1-3-7-11(13)12-8-4-2-6-10-14(12,13)16/h11-12,15-16H,1-10H2/t11-,12+,13+,14-. The summed E-state index contributed by atoms with van der Waals surface area (Å²) in [6.07, 6.45) is 11.1. The molecule has 0 aromatic carbocycles. The fraction of sp³-hybridized carbons (Fsp3) is 1.00. The van der Waals surface area contributed by atoms with E-state index in [1.807, 2.05) is 0 Å². The second kappa shape index (κ2) is 3.71. The van der Waals surface area contributed by atoms with Gasteiger partial charge in [0, 0.05) is 0 Å². The molecule has 0 bridgehead atoms. The van der Waals surface area contributed by atoms with E-state index in [1.54, 1.807) is 0 Å². The quantitative estimate of drug-likeness (QED) is 0.664. The Morgan fingerprint density at radius 2 is 1.06 bits per heavy atom. The van der Waals surface area contributed by atoms with E-state index in [1.165, 1.54) is 25.7 Å². The Bertz CT molecular complexity index is 250. The molecule has 0 aliphatic heterocycles. The molecule has 3 aliphatic rings. The van der Waals surface area contributed by atoms with Crippen molar-refractivity contribution in [3.8, 4) is 0 Å². The number of hydrogen-bond donors (Lipinski definition) is 2. The molecule has 3 fully saturated rings. The molecule has 0 unspecified atom stereocenters. The molecule has 2 N–H and O–H groups in total. The summed E-state index contributed by atoms with van der Waals surface area (Å²) < 4.78 is 0. The maximum absolute atomic E-state index is 10.8. The lowest BCUT2D eigenvalue weighted by molar-refractivity contribution is -0.307. The van der Waals surface area contributed by atoms with Crippen LogP contribution in [-0.2, 0) is 0 Å². The van der Waals surface area contributed by atoms with Crippen LogP contribution in [0.3, 0.4) is 0 Å². The maximum atomic E-state index is 10.8. The Morgan fingerprint density at radius 3 is 1.50 bits per heavy atom. The molecule has 3 aliphatic carbocycles. The summed E-state index contributed by atoms with van der Waals surface area (Å²) in [5.41, 5.74) is -1.45. The van der Waals surface area contributed by atoms with Crippen molar-refractivity contribution in [3.63, 3.8) is 0 Å². The van der Waals surface area contributed by atoms with E-state index in [0.717, 1.165) is 38.5 Å². The minimum absolute atomic E-state index is 0.401. The van der Waals surface area contributed by atoms with Crippen LogP contribution in [0.5, 0.6) is 0 Å². The van der Waals surface area contributed by atoms with Crippen LogP contribution in [-0.4, -0.2) is 21.4 Å². The molecule has 3 saturated carbocycles. The zero-order valence-electron chi connectivity index (χ0n) is 10.1. The van der Waals surface area contributed by atoms with Crippen molar-refractivity contribution in [2.75, 3.05) is 0 Å². The van der Waals surface area contributed by atoms with Crippen molar-refractivity contribution in [2.24, 2.45) is 11.8 Å². The lowest BCUT2D eigenvalue weighted by Gasteiger charge is -2.64. The topological polar surface area (TPSA) is 40.5 Å². The first-order chi connectivity index (χ1) is 7.68. The van der Waals surface area contributed by atoms with Crippen LogP contribution in [0.1, 0.15) is 64.2 Å². The second-order valence-electron chi connectivity index (χ2n) is 6.26. The molecule has 0 radical (unpaired) electrons. The number of hydrogen-bond acceptors (Lipinski definition) is 2. The molecule has 0 amide bonds. The van der Waals surface area contributed by atoms with E-state index >= 15 is 0 Å². The highest BCUT2D eigenvalue weighted by atomic mass is 16.4. The van der Waals surface area contributed by atoms with E-state index in [2.05, 4.69) is 0 Å².